The van der Waals surface area contributed by atoms with Crippen LogP contribution >= 0.6 is 23.2 Å². The Hall–Kier alpha value is -0.240. The van der Waals surface area contributed by atoms with Gasteiger partial charge in [-0.1, -0.05) is 29.3 Å². The largest absolute Gasteiger partial charge is 0.381 e. The van der Waals surface area contributed by atoms with Crippen LogP contribution in [0, 0.1) is 0 Å². The van der Waals surface area contributed by atoms with Gasteiger partial charge in [-0.3, -0.25) is 0 Å². The summed E-state index contributed by atoms with van der Waals surface area (Å²) in [6.45, 7) is 2.00. The molecule has 0 fully saturated rings. The zero-order valence-electron chi connectivity index (χ0n) is 7.68. The first-order chi connectivity index (χ1) is 6.13. The Labute approximate surface area is 88.6 Å². The minimum atomic E-state index is 0.179. The topological polar surface area (TPSA) is 9.23 Å². The lowest BCUT2D eigenvalue weighted by Crippen LogP contribution is -2.08. The second-order valence-electron chi connectivity index (χ2n) is 2.99. The third-order valence-corrected chi connectivity index (χ3v) is 2.51. The second kappa shape index (κ2) is 4.85. The Morgan fingerprint density at radius 2 is 2.08 bits per heavy atom. The number of halogens is 2. The van der Waals surface area contributed by atoms with Gasteiger partial charge in [0, 0.05) is 17.2 Å². The normalized spacial score (nSPS) is 12.9. The van der Waals surface area contributed by atoms with Crippen LogP contribution in [0.1, 0.15) is 12.5 Å². The van der Waals surface area contributed by atoms with E-state index in [1.807, 2.05) is 19.1 Å². The molecule has 1 aromatic rings. The molecule has 0 aliphatic rings. The van der Waals surface area contributed by atoms with E-state index in [4.69, 9.17) is 27.9 Å². The molecule has 0 amide bonds. The van der Waals surface area contributed by atoms with Crippen LogP contribution in [-0.2, 0) is 11.2 Å². The van der Waals surface area contributed by atoms with Crippen LogP contribution in [0.5, 0.6) is 0 Å². The maximum Gasteiger partial charge on any atom is 0.0584 e. The Morgan fingerprint density at radius 3 is 2.62 bits per heavy atom. The SMILES string of the molecule is COC(C)Cc1ccc(Cl)cc1Cl. The van der Waals surface area contributed by atoms with Gasteiger partial charge in [-0.25, -0.2) is 0 Å². The van der Waals surface area contributed by atoms with Crippen LogP contribution in [0.3, 0.4) is 0 Å². The first kappa shape index (κ1) is 10.8. The second-order valence-corrected chi connectivity index (χ2v) is 3.83. The van der Waals surface area contributed by atoms with Gasteiger partial charge in [0.1, 0.15) is 0 Å². The number of hydrogen-bond acceptors (Lipinski definition) is 1. The molecular weight excluding hydrogens is 207 g/mol. The van der Waals surface area contributed by atoms with E-state index in [-0.39, 0.29) is 6.10 Å². The summed E-state index contributed by atoms with van der Waals surface area (Å²) in [5.74, 6) is 0. The minimum Gasteiger partial charge on any atom is -0.381 e. The van der Waals surface area contributed by atoms with Crippen molar-refractivity contribution in [3.8, 4) is 0 Å². The van der Waals surface area contributed by atoms with Crippen molar-refractivity contribution >= 4 is 23.2 Å². The molecule has 0 heterocycles. The van der Waals surface area contributed by atoms with Gasteiger partial charge in [0.25, 0.3) is 0 Å². The predicted octanol–water partition coefficient (Wildman–Crippen LogP) is 3.57. The fraction of sp³-hybridized carbons (Fsp3) is 0.400. The summed E-state index contributed by atoms with van der Waals surface area (Å²) in [6.07, 6.45) is 0.991. The number of hydrogen-bond donors (Lipinski definition) is 0. The highest BCUT2D eigenvalue weighted by atomic mass is 35.5. The van der Waals surface area contributed by atoms with Gasteiger partial charge in [0.2, 0.25) is 0 Å². The van der Waals surface area contributed by atoms with Gasteiger partial charge in [0.05, 0.1) is 6.10 Å². The third-order valence-electron chi connectivity index (χ3n) is 1.92. The van der Waals surface area contributed by atoms with E-state index in [0.717, 1.165) is 12.0 Å². The Kier molecular flexibility index (Phi) is 4.04. The van der Waals surface area contributed by atoms with E-state index >= 15 is 0 Å². The monoisotopic (exact) mass is 218 g/mol. The molecular formula is C10H12Cl2O. The molecule has 1 unspecified atom stereocenters. The van der Waals surface area contributed by atoms with E-state index in [2.05, 4.69) is 0 Å². The van der Waals surface area contributed by atoms with Crippen molar-refractivity contribution < 1.29 is 4.74 Å². The van der Waals surface area contributed by atoms with Crippen molar-refractivity contribution in [2.24, 2.45) is 0 Å². The van der Waals surface area contributed by atoms with Crippen molar-refractivity contribution in [1.29, 1.82) is 0 Å². The van der Waals surface area contributed by atoms with Crippen molar-refractivity contribution in [2.75, 3.05) is 7.11 Å². The molecule has 3 heteroatoms. The van der Waals surface area contributed by atoms with Gasteiger partial charge in [-0.15, -0.1) is 0 Å². The van der Waals surface area contributed by atoms with Gasteiger partial charge >= 0.3 is 0 Å². The van der Waals surface area contributed by atoms with Gasteiger partial charge in [0.15, 0.2) is 0 Å². The highest BCUT2D eigenvalue weighted by molar-refractivity contribution is 6.35. The molecule has 0 aromatic heterocycles. The van der Waals surface area contributed by atoms with Gasteiger partial charge in [-0.2, -0.15) is 0 Å². The summed E-state index contributed by atoms with van der Waals surface area (Å²) in [5, 5.41) is 1.37. The number of rotatable bonds is 3. The maximum atomic E-state index is 5.99. The number of benzene rings is 1. The fourth-order valence-corrected chi connectivity index (χ4v) is 1.57. The molecule has 0 aliphatic carbocycles. The van der Waals surface area contributed by atoms with Gasteiger partial charge < -0.3 is 4.74 Å². The molecule has 0 saturated heterocycles. The van der Waals surface area contributed by atoms with Crippen molar-refractivity contribution in [2.45, 2.75) is 19.4 Å². The van der Waals surface area contributed by atoms with Gasteiger partial charge in [-0.05, 0) is 31.0 Å². The molecule has 0 saturated carbocycles. The Morgan fingerprint density at radius 1 is 1.38 bits per heavy atom. The zero-order valence-corrected chi connectivity index (χ0v) is 9.19. The quantitative estimate of drug-likeness (QED) is 0.754. The van der Waals surface area contributed by atoms with Crippen LogP contribution in [0.4, 0.5) is 0 Å². The van der Waals surface area contributed by atoms with Crippen molar-refractivity contribution in [3.05, 3.63) is 33.8 Å². The van der Waals surface area contributed by atoms with Crippen LogP contribution < -0.4 is 0 Å². The van der Waals surface area contributed by atoms with Crippen LogP contribution in [-0.4, -0.2) is 13.2 Å². The highest BCUT2D eigenvalue weighted by Crippen LogP contribution is 2.22. The third kappa shape index (κ3) is 3.18. The van der Waals surface area contributed by atoms with E-state index in [9.17, 15) is 0 Å². The maximum absolute atomic E-state index is 5.99. The molecule has 0 bridgehead atoms. The predicted molar refractivity (Wildman–Crippen MR) is 56.6 cm³/mol. The fourth-order valence-electron chi connectivity index (χ4n) is 1.08. The molecule has 1 atom stereocenters. The van der Waals surface area contributed by atoms with Crippen molar-refractivity contribution in [1.82, 2.24) is 0 Å². The molecule has 0 spiro atoms. The molecule has 13 heavy (non-hydrogen) atoms. The molecule has 1 nitrogen and oxygen atoms in total. The minimum absolute atomic E-state index is 0.179. The van der Waals surface area contributed by atoms with Crippen molar-refractivity contribution in [3.63, 3.8) is 0 Å². The Bertz CT molecular complexity index is 286. The lowest BCUT2D eigenvalue weighted by atomic mass is 10.1. The summed E-state index contributed by atoms with van der Waals surface area (Å²) in [6, 6.07) is 5.52. The van der Waals surface area contributed by atoms with Crippen LogP contribution in [0.2, 0.25) is 10.0 Å². The summed E-state index contributed by atoms with van der Waals surface area (Å²) in [5.41, 5.74) is 1.07. The number of ether oxygens (including phenoxy) is 1. The average molecular weight is 219 g/mol. The molecule has 0 aliphatic heterocycles. The lowest BCUT2D eigenvalue weighted by Gasteiger charge is -2.10. The smallest absolute Gasteiger partial charge is 0.0584 e. The van der Waals surface area contributed by atoms with E-state index in [1.54, 1.807) is 13.2 Å². The Balaban J connectivity index is 2.77. The molecule has 0 N–H and O–H groups in total. The molecule has 72 valence electrons. The zero-order chi connectivity index (χ0) is 9.84. The lowest BCUT2D eigenvalue weighted by molar-refractivity contribution is 0.119. The molecule has 1 aromatic carbocycles. The van der Waals surface area contributed by atoms with E-state index in [0.29, 0.717) is 10.0 Å². The molecule has 0 radical (unpaired) electrons. The van der Waals surface area contributed by atoms with Crippen LogP contribution in [0.15, 0.2) is 18.2 Å². The first-order valence-corrected chi connectivity index (χ1v) is 4.86. The van der Waals surface area contributed by atoms with E-state index in [1.165, 1.54) is 0 Å². The first-order valence-electron chi connectivity index (χ1n) is 4.10. The molecule has 1 rings (SSSR count). The highest BCUT2D eigenvalue weighted by Gasteiger charge is 2.05. The summed E-state index contributed by atoms with van der Waals surface area (Å²) < 4.78 is 5.15. The standard InChI is InChI=1S/C10H12Cl2O/c1-7(13-2)5-8-3-4-9(11)6-10(8)12/h3-4,6-7H,5H2,1-2H3. The van der Waals surface area contributed by atoms with E-state index < -0.39 is 0 Å². The summed E-state index contributed by atoms with van der Waals surface area (Å²) in [7, 11) is 1.69. The number of methoxy groups -OCH3 is 1. The average Bonchev–Trinajstić information content (AvgIpc) is 2.09. The summed E-state index contributed by atoms with van der Waals surface area (Å²) in [4.78, 5) is 0. The summed E-state index contributed by atoms with van der Waals surface area (Å²) >= 11 is 11.8. The van der Waals surface area contributed by atoms with Crippen LogP contribution in [0.25, 0.3) is 0 Å².